The third-order valence-corrected chi connectivity index (χ3v) is 3.04. The number of halogens is 4. The summed E-state index contributed by atoms with van der Waals surface area (Å²) in [7, 11) is 0. The van der Waals surface area contributed by atoms with E-state index in [1.54, 1.807) is 6.92 Å². The summed E-state index contributed by atoms with van der Waals surface area (Å²) in [4.78, 5) is 3.81. The number of rotatable bonds is 0. The summed E-state index contributed by atoms with van der Waals surface area (Å²) in [5.74, 6) is -1.13. The zero-order valence-corrected chi connectivity index (χ0v) is 9.96. The molecule has 0 fully saturated rings. The molecule has 1 heterocycles. The molecule has 2 rings (SSSR count). The molecule has 0 radical (unpaired) electrons. The summed E-state index contributed by atoms with van der Waals surface area (Å²) < 4.78 is 27.1. The number of aromatic nitrogens is 1. The molecule has 0 aliphatic heterocycles. The predicted octanol–water partition coefficient (Wildman–Crippen LogP) is 4.24. The number of pyridine rings is 1. The zero-order valence-electron chi connectivity index (χ0n) is 7.61. The summed E-state index contributed by atoms with van der Waals surface area (Å²) in [5, 5.41) is 0.312. The smallest absolute Gasteiger partial charge is 0.150 e. The number of fused-ring (bicyclic) bond motifs is 1. The van der Waals surface area contributed by atoms with Gasteiger partial charge in [-0.2, -0.15) is 0 Å². The van der Waals surface area contributed by atoms with Crippen LogP contribution in [0.2, 0.25) is 5.15 Å². The van der Waals surface area contributed by atoms with Crippen LogP contribution >= 0.6 is 27.5 Å². The standard InChI is InChI=1S/C10H5BrClF2N/c1-4-2-5-8(14)6(11)3-7(13)9(5)15-10(4)12/h2-3H,1H3. The average molecular weight is 293 g/mol. The molecule has 0 N–H and O–H groups in total. The second kappa shape index (κ2) is 3.68. The van der Waals surface area contributed by atoms with Crippen LogP contribution in [0.5, 0.6) is 0 Å². The van der Waals surface area contributed by atoms with Crippen molar-refractivity contribution in [2.45, 2.75) is 6.92 Å². The van der Waals surface area contributed by atoms with Crippen molar-refractivity contribution in [3.05, 3.63) is 39.0 Å². The second-order valence-electron chi connectivity index (χ2n) is 3.15. The van der Waals surface area contributed by atoms with Gasteiger partial charge >= 0.3 is 0 Å². The first-order valence-corrected chi connectivity index (χ1v) is 5.28. The molecule has 5 heteroatoms. The van der Waals surface area contributed by atoms with Gasteiger partial charge in [0.1, 0.15) is 16.5 Å². The summed E-state index contributed by atoms with van der Waals surface area (Å²) >= 11 is 8.67. The maximum atomic E-state index is 13.6. The van der Waals surface area contributed by atoms with E-state index in [1.165, 1.54) is 6.07 Å². The molecule has 0 atom stereocenters. The average Bonchev–Trinajstić information content (AvgIpc) is 2.18. The van der Waals surface area contributed by atoms with Gasteiger partial charge in [0.05, 0.1) is 4.47 Å². The molecule has 0 bridgehead atoms. The van der Waals surface area contributed by atoms with Gasteiger partial charge in [-0.3, -0.25) is 0 Å². The molecule has 78 valence electrons. The molecule has 15 heavy (non-hydrogen) atoms. The Hall–Kier alpha value is -0.740. The van der Waals surface area contributed by atoms with Crippen LogP contribution in [-0.4, -0.2) is 4.98 Å². The molecule has 1 aromatic carbocycles. The van der Waals surface area contributed by atoms with E-state index in [4.69, 9.17) is 11.6 Å². The fourth-order valence-corrected chi connectivity index (χ4v) is 1.87. The molecule has 0 aliphatic rings. The maximum Gasteiger partial charge on any atom is 0.150 e. The molecule has 0 saturated heterocycles. The van der Waals surface area contributed by atoms with Crippen molar-refractivity contribution in [2.75, 3.05) is 0 Å². The number of nitrogens with zero attached hydrogens (tertiary/aromatic N) is 1. The fourth-order valence-electron chi connectivity index (χ4n) is 1.31. The molecule has 0 saturated carbocycles. The first-order chi connectivity index (χ1) is 7.00. The Balaban J connectivity index is 2.97. The lowest BCUT2D eigenvalue weighted by atomic mass is 10.1. The Morgan fingerprint density at radius 3 is 2.67 bits per heavy atom. The van der Waals surface area contributed by atoms with Crippen LogP contribution in [0, 0.1) is 18.6 Å². The van der Waals surface area contributed by atoms with Crippen molar-refractivity contribution < 1.29 is 8.78 Å². The van der Waals surface area contributed by atoms with Crippen LogP contribution in [0.15, 0.2) is 16.6 Å². The molecule has 1 nitrogen and oxygen atoms in total. The van der Waals surface area contributed by atoms with Crippen molar-refractivity contribution in [2.24, 2.45) is 0 Å². The van der Waals surface area contributed by atoms with Crippen LogP contribution in [0.25, 0.3) is 10.9 Å². The Bertz CT molecular complexity index is 557. The van der Waals surface area contributed by atoms with Crippen molar-refractivity contribution in [1.82, 2.24) is 4.98 Å². The Morgan fingerprint density at radius 2 is 2.00 bits per heavy atom. The molecule has 1 aromatic heterocycles. The Morgan fingerprint density at radius 1 is 1.33 bits per heavy atom. The molecule has 0 amide bonds. The van der Waals surface area contributed by atoms with Crippen LogP contribution in [0.4, 0.5) is 8.78 Å². The lowest BCUT2D eigenvalue weighted by Crippen LogP contribution is -1.92. The number of benzene rings is 1. The van der Waals surface area contributed by atoms with Gasteiger partial charge in [-0.05, 0) is 40.5 Å². The lowest BCUT2D eigenvalue weighted by molar-refractivity contribution is 0.609. The van der Waals surface area contributed by atoms with Crippen LogP contribution in [0.1, 0.15) is 5.56 Å². The van der Waals surface area contributed by atoms with E-state index in [0.717, 1.165) is 6.07 Å². The van der Waals surface area contributed by atoms with E-state index in [2.05, 4.69) is 20.9 Å². The van der Waals surface area contributed by atoms with E-state index in [0.29, 0.717) is 5.56 Å². The maximum absolute atomic E-state index is 13.6. The lowest BCUT2D eigenvalue weighted by Gasteiger charge is -2.05. The third-order valence-electron chi connectivity index (χ3n) is 2.08. The van der Waals surface area contributed by atoms with Gasteiger partial charge < -0.3 is 0 Å². The van der Waals surface area contributed by atoms with Gasteiger partial charge in [0.25, 0.3) is 0 Å². The zero-order chi connectivity index (χ0) is 11.2. The first-order valence-electron chi connectivity index (χ1n) is 4.11. The molecular formula is C10H5BrClF2N. The quantitative estimate of drug-likeness (QED) is 0.523. The van der Waals surface area contributed by atoms with E-state index in [-0.39, 0.29) is 20.5 Å². The van der Waals surface area contributed by atoms with Gasteiger partial charge in [-0.1, -0.05) is 11.6 Å². The van der Waals surface area contributed by atoms with Gasteiger partial charge in [0, 0.05) is 5.39 Å². The number of hydrogen-bond donors (Lipinski definition) is 0. The minimum Gasteiger partial charge on any atom is -0.233 e. The molecule has 0 aliphatic carbocycles. The van der Waals surface area contributed by atoms with Crippen LogP contribution in [-0.2, 0) is 0 Å². The highest BCUT2D eigenvalue weighted by molar-refractivity contribution is 9.10. The van der Waals surface area contributed by atoms with Crippen molar-refractivity contribution in [3.63, 3.8) is 0 Å². The van der Waals surface area contributed by atoms with E-state index < -0.39 is 11.6 Å². The molecular weight excluding hydrogens is 287 g/mol. The molecule has 0 spiro atoms. The molecule has 2 aromatic rings. The van der Waals surface area contributed by atoms with Crippen LogP contribution < -0.4 is 0 Å². The van der Waals surface area contributed by atoms with Crippen molar-refractivity contribution in [3.8, 4) is 0 Å². The highest BCUT2D eigenvalue weighted by Gasteiger charge is 2.13. The highest BCUT2D eigenvalue weighted by atomic mass is 79.9. The van der Waals surface area contributed by atoms with Gasteiger partial charge in [-0.25, -0.2) is 13.8 Å². The summed E-state index contributed by atoms with van der Waals surface area (Å²) in [6, 6.07) is 2.52. The third kappa shape index (κ3) is 1.72. The second-order valence-corrected chi connectivity index (χ2v) is 4.36. The van der Waals surface area contributed by atoms with E-state index in [9.17, 15) is 8.78 Å². The van der Waals surface area contributed by atoms with Gasteiger partial charge in [0.15, 0.2) is 5.82 Å². The minimum atomic E-state index is -0.597. The SMILES string of the molecule is Cc1cc2c(F)c(Br)cc(F)c2nc1Cl. The highest BCUT2D eigenvalue weighted by Crippen LogP contribution is 2.29. The summed E-state index contributed by atoms with van der Waals surface area (Å²) in [6.45, 7) is 1.69. The topological polar surface area (TPSA) is 12.9 Å². The van der Waals surface area contributed by atoms with Crippen LogP contribution in [0.3, 0.4) is 0 Å². The normalized spacial score (nSPS) is 11.0. The number of hydrogen-bond acceptors (Lipinski definition) is 1. The van der Waals surface area contributed by atoms with Crippen molar-refractivity contribution >= 4 is 38.4 Å². The largest absolute Gasteiger partial charge is 0.233 e. The Kier molecular flexibility index (Phi) is 2.64. The van der Waals surface area contributed by atoms with E-state index >= 15 is 0 Å². The Labute approximate surface area is 98.2 Å². The monoisotopic (exact) mass is 291 g/mol. The van der Waals surface area contributed by atoms with Gasteiger partial charge in [0.2, 0.25) is 0 Å². The van der Waals surface area contributed by atoms with Gasteiger partial charge in [-0.15, -0.1) is 0 Å². The fraction of sp³-hybridized carbons (Fsp3) is 0.100. The van der Waals surface area contributed by atoms with E-state index in [1.807, 2.05) is 0 Å². The summed E-state index contributed by atoms with van der Waals surface area (Å²) in [6.07, 6.45) is 0. The minimum absolute atomic E-state index is 0.0497. The summed E-state index contributed by atoms with van der Waals surface area (Å²) in [5.41, 5.74) is 0.562. The predicted molar refractivity (Wildman–Crippen MR) is 59.1 cm³/mol. The molecule has 0 unspecified atom stereocenters. The number of aryl methyl sites for hydroxylation is 1. The van der Waals surface area contributed by atoms with Crippen molar-refractivity contribution in [1.29, 1.82) is 0 Å². The first kappa shape index (κ1) is 10.8.